The molecule has 4 atom stereocenters. The van der Waals surface area contributed by atoms with Gasteiger partial charge in [-0.05, 0) is 84.9 Å². The maximum atomic E-state index is 15.2. The van der Waals surface area contributed by atoms with E-state index >= 15 is 4.39 Å². The van der Waals surface area contributed by atoms with Gasteiger partial charge in [0.2, 0.25) is 17.7 Å². The predicted molar refractivity (Wildman–Crippen MR) is 290 cm³/mol. The summed E-state index contributed by atoms with van der Waals surface area (Å²) in [6.07, 6.45) is 4.95. The highest BCUT2D eigenvalue weighted by molar-refractivity contribution is 6.12. The molecule has 0 saturated carbocycles. The number of imidazole rings is 1. The first-order valence-electron chi connectivity index (χ1n) is 26.4. The van der Waals surface area contributed by atoms with E-state index in [1.807, 2.05) is 51.1 Å². The number of halogens is 3. The molecule has 22 heteroatoms. The third kappa shape index (κ3) is 18.9. The Morgan fingerprint density at radius 2 is 1.54 bits per heavy atom. The highest BCUT2D eigenvalue weighted by Gasteiger charge is 2.39. The highest BCUT2D eigenvalue weighted by atomic mass is 19.1. The summed E-state index contributed by atoms with van der Waals surface area (Å²) in [6.45, 7) is 8.08. The number of benzene rings is 3. The van der Waals surface area contributed by atoms with Crippen molar-refractivity contribution in [1.82, 2.24) is 35.3 Å². The van der Waals surface area contributed by atoms with Crippen LogP contribution in [0.4, 0.5) is 28.4 Å². The average Bonchev–Trinajstić information content (AvgIpc) is 4.10. The summed E-state index contributed by atoms with van der Waals surface area (Å²) in [4.78, 5) is 110. The Balaban J connectivity index is 1.18. The molecule has 0 fully saturated rings. The van der Waals surface area contributed by atoms with Crippen LogP contribution in [0.25, 0.3) is 11.3 Å². The fraction of sp³-hybridized carbons (Fsp3) is 0.456. The number of nitrogens with zero attached hydrogens (tertiary/aromatic N) is 4. The van der Waals surface area contributed by atoms with Crippen LogP contribution in [-0.4, -0.2) is 112 Å². The zero-order valence-corrected chi connectivity index (χ0v) is 45.4. The number of nitrogens with one attached hydrogen (secondary N) is 4. The lowest BCUT2D eigenvalue weighted by molar-refractivity contribution is -0.137. The van der Waals surface area contributed by atoms with E-state index in [9.17, 15) is 47.1 Å². The number of anilines is 1. The lowest BCUT2D eigenvalue weighted by Crippen LogP contribution is -2.47. The van der Waals surface area contributed by atoms with Crippen molar-refractivity contribution in [3.63, 3.8) is 0 Å². The third-order valence-electron chi connectivity index (χ3n) is 13.3. The molecule has 0 spiro atoms. The van der Waals surface area contributed by atoms with Crippen molar-refractivity contribution in [2.45, 2.75) is 117 Å². The maximum Gasteiger partial charge on any atom is 0.407 e. The Labute approximate surface area is 458 Å². The predicted octanol–water partition coefficient (Wildman–Crippen LogP) is 6.99. The van der Waals surface area contributed by atoms with E-state index in [-0.39, 0.29) is 99.1 Å². The van der Waals surface area contributed by atoms with Crippen LogP contribution in [-0.2, 0) is 46.7 Å². The second kappa shape index (κ2) is 29.7. The molecule has 1 aromatic heterocycles. The van der Waals surface area contributed by atoms with Crippen molar-refractivity contribution in [1.29, 1.82) is 0 Å². The Kier molecular flexibility index (Phi) is 23.3. The van der Waals surface area contributed by atoms with E-state index in [1.54, 1.807) is 48.9 Å². The van der Waals surface area contributed by atoms with E-state index < -0.39 is 78.3 Å². The van der Waals surface area contributed by atoms with Crippen molar-refractivity contribution in [3.8, 4) is 11.3 Å². The van der Waals surface area contributed by atoms with E-state index in [2.05, 4.69) is 21.3 Å². The van der Waals surface area contributed by atoms with Gasteiger partial charge < -0.3 is 46.9 Å². The van der Waals surface area contributed by atoms with Crippen LogP contribution in [0.1, 0.15) is 109 Å². The van der Waals surface area contributed by atoms with Crippen LogP contribution in [0, 0.1) is 28.9 Å². The van der Waals surface area contributed by atoms with Gasteiger partial charge in [0.05, 0.1) is 30.4 Å². The average molecular weight is 1100 g/mol. The summed E-state index contributed by atoms with van der Waals surface area (Å²) < 4.78 is 51.5. The monoisotopic (exact) mass is 1100 g/mol. The number of ether oxygens (including phenoxy) is 1. The zero-order chi connectivity index (χ0) is 57.8. The number of hydrogen-bond donors (Lipinski definition) is 6. The summed E-state index contributed by atoms with van der Waals surface area (Å²) >= 11 is 0. The number of hydrogen-bond acceptors (Lipinski definition) is 11. The van der Waals surface area contributed by atoms with Crippen LogP contribution in [0.3, 0.4) is 0 Å². The number of Topliss-reactive ketones (excluding diaryl/α,β-unsaturated/α-hetero) is 1. The van der Waals surface area contributed by atoms with Crippen LogP contribution in [0.15, 0.2) is 91.1 Å². The second-order valence-electron chi connectivity index (χ2n) is 20.9. The van der Waals surface area contributed by atoms with Crippen LogP contribution < -0.4 is 32.7 Å². The lowest BCUT2D eigenvalue weighted by atomic mass is 9.84. The summed E-state index contributed by atoms with van der Waals surface area (Å²) in [5, 5.41) is 10.6. The molecule has 0 bridgehead atoms. The summed E-state index contributed by atoms with van der Waals surface area (Å²) in [6, 6.07) is 15.2. The Morgan fingerprint density at radius 3 is 2.18 bits per heavy atom. The number of imide groups is 1. The van der Waals surface area contributed by atoms with E-state index in [0.29, 0.717) is 42.8 Å². The molecule has 1 aliphatic heterocycles. The highest BCUT2D eigenvalue weighted by Crippen LogP contribution is 2.40. The number of amides is 8. The van der Waals surface area contributed by atoms with Gasteiger partial charge in [0.25, 0.3) is 11.8 Å². The first-order chi connectivity index (χ1) is 37.6. The molecule has 1 aliphatic rings. The van der Waals surface area contributed by atoms with Gasteiger partial charge in [-0.3, -0.25) is 33.7 Å². The third-order valence-corrected chi connectivity index (χ3v) is 13.3. The number of alkyl carbamates (subject to hydrolysis) is 1. The lowest BCUT2D eigenvalue weighted by Gasteiger charge is -2.40. The SMILES string of the molecule is CC(C)[C@H](NC(=O)CCCCCN1C(=O)C=CC1=O)C(=O)C[C@@H](CCCNC(N)=O)C(=O)Nc1ccc(COC(=O)N[C@H](CF)CCN(C(=O)CN)[C@@H](c2nc(-c3cc(F)ccc3F)cn2Cc2ccccc2)C(C)(C)C)cc1. The van der Waals surface area contributed by atoms with E-state index in [1.165, 1.54) is 17.1 Å². The number of nitrogens with two attached hydrogens (primary N) is 2. The maximum absolute atomic E-state index is 15.2. The number of urea groups is 1. The normalized spacial score (nSPS) is 13.9. The minimum atomic E-state index is -1.11. The molecule has 0 unspecified atom stereocenters. The molecule has 79 heavy (non-hydrogen) atoms. The van der Waals surface area contributed by atoms with Gasteiger partial charge in [-0.25, -0.2) is 27.7 Å². The van der Waals surface area contributed by atoms with Crippen LogP contribution >= 0.6 is 0 Å². The Hall–Kier alpha value is -7.88. The summed E-state index contributed by atoms with van der Waals surface area (Å²) in [5.74, 6) is -4.63. The second-order valence-corrected chi connectivity index (χ2v) is 20.9. The van der Waals surface area contributed by atoms with Gasteiger partial charge in [-0.15, -0.1) is 0 Å². The van der Waals surface area contributed by atoms with Crippen molar-refractivity contribution in [2.75, 3.05) is 38.2 Å². The first kappa shape index (κ1) is 62.0. The minimum Gasteiger partial charge on any atom is -0.445 e. The largest absolute Gasteiger partial charge is 0.445 e. The number of alkyl halides is 1. The number of primary amides is 1. The quantitative estimate of drug-likeness (QED) is 0.0229. The summed E-state index contributed by atoms with van der Waals surface area (Å²) in [7, 11) is 0. The molecule has 2 heterocycles. The van der Waals surface area contributed by atoms with Gasteiger partial charge >= 0.3 is 12.1 Å². The summed E-state index contributed by atoms with van der Waals surface area (Å²) in [5.41, 5.74) is 12.2. The fourth-order valence-electron chi connectivity index (χ4n) is 9.16. The zero-order valence-electron chi connectivity index (χ0n) is 45.4. The smallest absolute Gasteiger partial charge is 0.407 e. The molecule has 8 amide bonds. The van der Waals surface area contributed by atoms with Gasteiger partial charge in [0.1, 0.15) is 30.7 Å². The number of carbonyl (C=O) groups excluding carboxylic acids is 8. The molecule has 426 valence electrons. The van der Waals surface area contributed by atoms with Crippen LogP contribution in [0.2, 0.25) is 0 Å². The van der Waals surface area contributed by atoms with Gasteiger partial charge in [-0.1, -0.05) is 83.5 Å². The molecule has 19 nitrogen and oxygen atoms in total. The molecular weight excluding hydrogens is 1030 g/mol. The Morgan fingerprint density at radius 1 is 0.848 bits per heavy atom. The van der Waals surface area contributed by atoms with Gasteiger partial charge in [0, 0.05) is 74.5 Å². The van der Waals surface area contributed by atoms with E-state index in [0.717, 1.165) is 28.7 Å². The molecule has 8 N–H and O–H groups in total. The van der Waals surface area contributed by atoms with Gasteiger partial charge in [-0.2, -0.15) is 0 Å². The molecule has 3 aromatic carbocycles. The molecule has 0 saturated heterocycles. The number of rotatable bonds is 30. The molecule has 4 aromatic rings. The number of ketones is 1. The fourth-order valence-corrected chi connectivity index (χ4v) is 9.16. The number of carbonyl (C=O) groups is 8. The van der Waals surface area contributed by atoms with Crippen molar-refractivity contribution >= 4 is 53.1 Å². The molecule has 5 rings (SSSR count). The molecule has 0 radical (unpaired) electrons. The van der Waals surface area contributed by atoms with Crippen molar-refractivity contribution in [3.05, 3.63) is 120 Å². The number of unbranched alkanes of at least 4 members (excludes halogenated alkanes) is 2. The standard InChI is InChI=1S/C57H73F3N10O9/c1-36(2)51(67-47(72)16-10-7-11-27-69-48(73)23-24-49(69)74)46(71)29-39(15-12-26-63-55(62)77)54(76)64-41-20-17-38(18-21-41)35-79-56(78)65-42(31-58)25-28-70(50(75)32-61)52(57(3,4)5)53-66-45(43-30-40(59)19-22-44(43)60)34-68(53)33-37-13-8-6-9-14-37/h6,8-9,13-14,17-24,30,34,36,39,42,51-52H,7,10-12,15-16,25-29,31-33,35,61H2,1-5H3,(H,64,76)(H,65,78)(H,67,72)(H3,62,63,77)/t39-,42+,51+,52+/m1/s1. The molecular formula is C57H73F3N10O9. The minimum absolute atomic E-state index is 0.0706. The number of aromatic nitrogens is 2. The van der Waals surface area contributed by atoms with E-state index in [4.69, 9.17) is 21.2 Å². The topological polar surface area (TPSA) is 270 Å². The van der Waals surface area contributed by atoms with Crippen LogP contribution in [0.5, 0.6) is 0 Å². The van der Waals surface area contributed by atoms with Crippen molar-refractivity contribution < 1.29 is 56.3 Å². The Bertz CT molecular complexity index is 2770. The van der Waals surface area contributed by atoms with Crippen molar-refractivity contribution in [2.24, 2.45) is 28.7 Å². The van der Waals surface area contributed by atoms with Gasteiger partial charge in [0.15, 0.2) is 5.78 Å². The molecule has 0 aliphatic carbocycles. The first-order valence-corrected chi connectivity index (χ1v) is 26.4.